The van der Waals surface area contributed by atoms with E-state index in [0.29, 0.717) is 11.1 Å². The molecule has 0 aliphatic carbocycles. The van der Waals surface area contributed by atoms with Crippen molar-refractivity contribution in [2.75, 3.05) is 6.61 Å². The van der Waals surface area contributed by atoms with E-state index < -0.39 is 5.97 Å². The average molecular weight is 334 g/mol. The number of ether oxygens (including phenoxy) is 1. The Bertz CT molecular complexity index is 458. The summed E-state index contributed by atoms with van der Waals surface area (Å²) in [7, 11) is 0. The van der Waals surface area contributed by atoms with E-state index in [1.165, 1.54) is 0 Å². The summed E-state index contributed by atoms with van der Waals surface area (Å²) in [6.45, 7) is 3.70. The standard InChI is InChI=1S/C13H14BrClO3/c1-3-18-13(17)10-6-4-5-9(7-15)11(10)12(16)8(2)14/h4-6,8H,3,7H2,1-2H3. The summed E-state index contributed by atoms with van der Waals surface area (Å²) >= 11 is 9.03. The van der Waals surface area contributed by atoms with Gasteiger partial charge < -0.3 is 4.74 Å². The van der Waals surface area contributed by atoms with Crippen molar-refractivity contribution in [2.24, 2.45) is 0 Å². The summed E-state index contributed by atoms with van der Waals surface area (Å²) in [5, 5.41) is 0. The zero-order chi connectivity index (χ0) is 13.7. The third kappa shape index (κ3) is 3.33. The van der Waals surface area contributed by atoms with Gasteiger partial charge in [0.2, 0.25) is 0 Å². The molecule has 0 aromatic heterocycles. The fourth-order valence-electron chi connectivity index (χ4n) is 1.58. The highest BCUT2D eigenvalue weighted by Gasteiger charge is 2.23. The lowest BCUT2D eigenvalue weighted by atomic mass is 9.97. The van der Waals surface area contributed by atoms with Crippen molar-refractivity contribution < 1.29 is 14.3 Å². The molecule has 18 heavy (non-hydrogen) atoms. The van der Waals surface area contributed by atoms with Crippen LogP contribution in [0.25, 0.3) is 0 Å². The minimum Gasteiger partial charge on any atom is -0.462 e. The molecule has 0 radical (unpaired) electrons. The Morgan fingerprint density at radius 1 is 1.44 bits per heavy atom. The number of hydrogen-bond donors (Lipinski definition) is 0. The number of halogens is 2. The first-order chi connectivity index (χ1) is 8.52. The van der Waals surface area contributed by atoms with Gasteiger partial charge in [-0.05, 0) is 25.5 Å². The third-order valence-electron chi connectivity index (χ3n) is 2.40. The van der Waals surface area contributed by atoms with Crippen LogP contribution in [0.4, 0.5) is 0 Å². The lowest BCUT2D eigenvalue weighted by molar-refractivity contribution is 0.0523. The summed E-state index contributed by atoms with van der Waals surface area (Å²) < 4.78 is 4.95. The molecule has 0 spiro atoms. The van der Waals surface area contributed by atoms with Crippen LogP contribution in [0.15, 0.2) is 18.2 Å². The minimum absolute atomic E-state index is 0.172. The zero-order valence-corrected chi connectivity index (χ0v) is 12.5. The maximum absolute atomic E-state index is 12.1. The molecule has 98 valence electrons. The Morgan fingerprint density at radius 3 is 2.61 bits per heavy atom. The molecule has 1 aromatic rings. The van der Waals surface area contributed by atoms with Crippen LogP contribution < -0.4 is 0 Å². The smallest absolute Gasteiger partial charge is 0.338 e. The van der Waals surface area contributed by atoms with Gasteiger partial charge in [0.25, 0.3) is 0 Å². The number of carbonyl (C=O) groups excluding carboxylic acids is 2. The molecule has 0 aliphatic rings. The lowest BCUT2D eigenvalue weighted by Gasteiger charge is -2.12. The fraction of sp³-hybridized carbons (Fsp3) is 0.385. The largest absolute Gasteiger partial charge is 0.462 e. The van der Waals surface area contributed by atoms with Crippen molar-refractivity contribution in [1.29, 1.82) is 0 Å². The van der Waals surface area contributed by atoms with Crippen LogP contribution in [0.2, 0.25) is 0 Å². The van der Waals surface area contributed by atoms with Crippen LogP contribution in [0.3, 0.4) is 0 Å². The van der Waals surface area contributed by atoms with Crippen molar-refractivity contribution in [3.8, 4) is 0 Å². The predicted octanol–water partition coefficient (Wildman–Crippen LogP) is 3.57. The number of carbonyl (C=O) groups is 2. The fourth-order valence-corrected chi connectivity index (χ4v) is 2.03. The minimum atomic E-state index is -0.499. The van der Waals surface area contributed by atoms with Gasteiger partial charge in [-0.3, -0.25) is 4.79 Å². The summed E-state index contributed by atoms with van der Waals surface area (Å²) in [4.78, 5) is 23.6. The number of benzene rings is 1. The first-order valence-corrected chi connectivity index (χ1v) is 7.01. The van der Waals surface area contributed by atoms with Gasteiger partial charge in [0, 0.05) is 11.4 Å². The first kappa shape index (κ1) is 15.2. The van der Waals surface area contributed by atoms with Crippen LogP contribution in [0.5, 0.6) is 0 Å². The summed E-state index contributed by atoms with van der Waals surface area (Å²) in [6, 6.07) is 5.01. The summed E-state index contributed by atoms with van der Waals surface area (Å²) in [5.41, 5.74) is 1.25. The number of hydrogen-bond acceptors (Lipinski definition) is 3. The molecule has 1 atom stereocenters. The molecule has 0 fully saturated rings. The van der Waals surface area contributed by atoms with Crippen LogP contribution >= 0.6 is 27.5 Å². The van der Waals surface area contributed by atoms with Gasteiger partial charge in [0.05, 0.1) is 17.0 Å². The van der Waals surface area contributed by atoms with E-state index >= 15 is 0 Å². The van der Waals surface area contributed by atoms with Crippen molar-refractivity contribution in [3.63, 3.8) is 0 Å². The van der Waals surface area contributed by atoms with E-state index in [2.05, 4.69) is 15.9 Å². The second-order valence-electron chi connectivity index (χ2n) is 3.67. The quantitative estimate of drug-likeness (QED) is 0.470. The van der Waals surface area contributed by atoms with E-state index in [0.717, 1.165) is 0 Å². The SMILES string of the molecule is CCOC(=O)c1cccc(CCl)c1C(=O)C(C)Br. The molecular formula is C13H14BrClO3. The number of alkyl halides is 2. The first-order valence-electron chi connectivity index (χ1n) is 5.56. The van der Waals surface area contributed by atoms with E-state index in [-0.39, 0.29) is 28.7 Å². The zero-order valence-electron chi connectivity index (χ0n) is 10.2. The molecule has 0 N–H and O–H groups in total. The monoisotopic (exact) mass is 332 g/mol. The van der Waals surface area contributed by atoms with E-state index in [4.69, 9.17) is 16.3 Å². The molecule has 0 heterocycles. The maximum Gasteiger partial charge on any atom is 0.338 e. The molecule has 0 amide bonds. The number of Topliss-reactive ketones (excluding diaryl/α,β-unsaturated/α-hetero) is 1. The van der Waals surface area contributed by atoms with Crippen LogP contribution in [0, 0.1) is 0 Å². The van der Waals surface area contributed by atoms with E-state index in [1.807, 2.05) is 0 Å². The Kier molecular flexibility index (Phi) is 5.82. The van der Waals surface area contributed by atoms with Crippen molar-refractivity contribution in [1.82, 2.24) is 0 Å². The molecule has 1 unspecified atom stereocenters. The van der Waals surface area contributed by atoms with Gasteiger partial charge in [-0.1, -0.05) is 28.1 Å². The number of ketones is 1. The van der Waals surface area contributed by atoms with Gasteiger partial charge in [-0.2, -0.15) is 0 Å². The third-order valence-corrected chi connectivity index (χ3v) is 3.10. The Morgan fingerprint density at radius 2 is 2.11 bits per heavy atom. The van der Waals surface area contributed by atoms with Gasteiger partial charge in [-0.15, -0.1) is 11.6 Å². The second-order valence-corrected chi connectivity index (χ2v) is 5.31. The number of esters is 1. The topological polar surface area (TPSA) is 43.4 Å². The van der Waals surface area contributed by atoms with Crippen LogP contribution in [0.1, 0.15) is 40.1 Å². The highest BCUT2D eigenvalue weighted by molar-refractivity contribution is 9.10. The van der Waals surface area contributed by atoms with Gasteiger partial charge in [0.1, 0.15) is 0 Å². The van der Waals surface area contributed by atoms with Crippen molar-refractivity contribution in [2.45, 2.75) is 24.6 Å². The Hall–Kier alpha value is -0.870. The van der Waals surface area contributed by atoms with Crippen molar-refractivity contribution in [3.05, 3.63) is 34.9 Å². The predicted molar refractivity (Wildman–Crippen MR) is 74.7 cm³/mol. The molecule has 1 rings (SSSR count). The molecule has 0 bridgehead atoms. The van der Waals surface area contributed by atoms with Gasteiger partial charge in [0.15, 0.2) is 5.78 Å². The van der Waals surface area contributed by atoms with Crippen molar-refractivity contribution >= 4 is 39.3 Å². The summed E-state index contributed by atoms with van der Waals surface area (Å²) in [6.07, 6.45) is 0. The maximum atomic E-state index is 12.1. The van der Waals surface area contributed by atoms with Gasteiger partial charge >= 0.3 is 5.97 Å². The molecule has 0 saturated heterocycles. The normalized spacial score (nSPS) is 12.0. The Labute approximate surface area is 120 Å². The van der Waals surface area contributed by atoms with Gasteiger partial charge in [-0.25, -0.2) is 4.79 Å². The average Bonchev–Trinajstić information content (AvgIpc) is 2.37. The number of rotatable bonds is 5. The molecule has 1 aromatic carbocycles. The highest BCUT2D eigenvalue weighted by Crippen LogP contribution is 2.22. The van der Waals surface area contributed by atoms with Crippen LogP contribution in [-0.4, -0.2) is 23.2 Å². The molecular weight excluding hydrogens is 319 g/mol. The molecule has 0 saturated carbocycles. The summed E-state index contributed by atoms with van der Waals surface area (Å²) in [5.74, 6) is -0.496. The molecule has 0 aliphatic heterocycles. The Balaban J connectivity index is 3.33. The molecule has 3 nitrogen and oxygen atoms in total. The molecule has 5 heteroatoms. The second kappa shape index (κ2) is 6.90. The van der Waals surface area contributed by atoms with E-state index in [1.54, 1.807) is 32.0 Å². The van der Waals surface area contributed by atoms with Crippen LogP contribution in [-0.2, 0) is 10.6 Å². The van der Waals surface area contributed by atoms with E-state index in [9.17, 15) is 9.59 Å². The lowest BCUT2D eigenvalue weighted by Crippen LogP contribution is -2.18. The highest BCUT2D eigenvalue weighted by atomic mass is 79.9.